The number of hydrogen-bond acceptors (Lipinski definition) is 7. The summed E-state index contributed by atoms with van der Waals surface area (Å²) in [4.78, 5) is 22.8. The van der Waals surface area contributed by atoms with E-state index in [1.54, 1.807) is 24.3 Å². The van der Waals surface area contributed by atoms with Crippen molar-refractivity contribution < 1.29 is 19.1 Å². The minimum absolute atomic E-state index is 0.215. The van der Waals surface area contributed by atoms with Gasteiger partial charge in [-0.05, 0) is 12.1 Å². The standard InChI is InChI=1S/C16H16N2O4S/c1-3-10-22-14(19)9-8-13-17-18-15(23-13)11-4-6-12(7-5-11)16(20)21-2/h3-7H,1,8-10H2,2H3. The van der Waals surface area contributed by atoms with Crippen LogP contribution in [0.3, 0.4) is 0 Å². The van der Waals surface area contributed by atoms with E-state index in [-0.39, 0.29) is 25.0 Å². The third-order valence-corrected chi connectivity index (χ3v) is 3.96. The average Bonchev–Trinajstić information content (AvgIpc) is 3.06. The van der Waals surface area contributed by atoms with E-state index in [1.165, 1.54) is 24.5 Å². The number of ether oxygens (including phenoxy) is 2. The summed E-state index contributed by atoms with van der Waals surface area (Å²) in [6, 6.07) is 6.92. The van der Waals surface area contributed by atoms with E-state index in [2.05, 4.69) is 21.5 Å². The molecular weight excluding hydrogens is 316 g/mol. The Hall–Kier alpha value is -2.54. The Morgan fingerprint density at radius 2 is 2.00 bits per heavy atom. The molecule has 0 amide bonds. The maximum Gasteiger partial charge on any atom is 0.337 e. The lowest BCUT2D eigenvalue weighted by molar-refractivity contribution is -0.142. The van der Waals surface area contributed by atoms with E-state index in [9.17, 15) is 9.59 Å². The SMILES string of the molecule is C=CCOC(=O)CCc1nnc(-c2ccc(C(=O)OC)cc2)s1. The first kappa shape index (κ1) is 16.8. The molecular formula is C16H16N2O4S. The van der Waals surface area contributed by atoms with E-state index in [0.29, 0.717) is 12.0 Å². The zero-order valence-electron chi connectivity index (χ0n) is 12.7. The first-order valence-electron chi connectivity index (χ1n) is 6.91. The maximum absolute atomic E-state index is 11.4. The highest BCUT2D eigenvalue weighted by Crippen LogP contribution is 2.24. The third-order valence-electron chi connectivity index (χ3n) is 2.92. The van der Waals surface area contributed by atoms with Gasteiger partial charge in [0.1, 0.15) is 16.6 Å². The molecule has 0 spiro atoms. The number of nitrogens with zero attached hydrogens (tertiary/aromatic N) is 2. The van der Waals surface area contributed by atoms with Crippen LogP contribution in [0.4, 0.5) is 0 Å². The van der Waals surface area contributed by atoms with Crippen LogP contribution in [0.1, 0.15) is 21.8 Å². The highest BCUT2D eigenvalue weighted by molar-refractivity contribution is 7.14. The first-order valence-corrected chi connectivity index (χ1v) is 7.73. The van der Waals surface area contributed by atoms with Gasteiger partial charge in [0.05, 0.1) is 19.1 Å². The summed E-state index contributed by atoms with van der Waals surface area (Å²) in [6.07, 6.45) is 2.26. The molecule has 0 N–H and O–H groups in total. The van der Waals surface area contributed by atoms with Gasteiger partial charge in [0.2, 0.25) is 0 Å². The molecule has 6 nitrogen and oxygen atoms in total. The Morgan fingerprint density at radius 1 is 1.26 bits per heavy atom. The van der Waals surface area contributed by atoms with Gasteiger partial charge in [-0.3, -0.25) is 4.79 Å². The Balaban J connectivity index is 1.97. The van der Waals surface area contributed by atoms with Gasteiger partial charge in [0, 0.05) is 12.0 Å². The molecule has 1 aromatic carbocycles. The normalized spacial score (nSPS) is 10.1. The quantitative estimate of drug-likeness (QED) is 0.573. The van der Waals surface area contributed by atoms with Crippen molar-refractivity contribution in [2.75, 3.05) is 13.7 Å². The average molecular weight is 332 g/mol. The van der Waals surface area contributed by atoms with Crippen LogP contribution in [0.25, 0.3) is 10.6 Å². The number of benzene rings is 1. The van der Waals surface area contributed by atoms with Gasteiger partial charge in [-0.2, -0.15) is 0 Å². The van der Waals surface area contributed by atoms with Crippen molar-refractivity contribution in [3.63, 3.8) is 0 Å². The summed E-state index contributed by atoms with van der Waals surface area (Å²) >= 11 is 1.41. The van der Waals surface area contributed by atoms with Crippen LogP contribution in [0, 0.1) is 0 Å². The molecule has 1 heterocycles. The predicted octanol–water partition coefficient (Wildman–Crippen LogP) is 2.65. The highest BCUT2D eigenvalue weighted by atomic mass is 32.1. The third kappa shape index (κ3) is 4.72. The molecule has 1 aromatic heterocycles. The Morgan fingerprint density at radius 3 is 2.65 bits per heavy atom. The molecule has 0 unspecified atom stereocenters. The van der Waals surface area contributed by atoms with Gasteiger partial charge >= 0.3 is 11.9 Å². The van der Waals surface area contributed by atoms with Gasteiger partial charge in [0.15, 0.2) is 0 Å². The predicted molar refractivity (Wildman–Crippen MR) is 86.2 cm³/mol. The molecule has 0 aliphatic heterocycles. The van der Waals surface area contributed by atoms with Crippen LogP contribution in [0.15, 0.2) is 36.9 Å². The molecule has 0 bridgehead atoms. The summed E-state index contributed by atoms with van der Waals surface area (Å²) in [5.74, 6) is -0.670. The number of carbonyl (C=O) groups is 2. The van der Waals surface area contributed by atoms with Crippen molar-refractivity contribution in [2.24, 2.45) is 0 Å². The molecule has 0 fully saturated rings. The topological polar surface area (TPSA) is 78.4 Å². The zero-order valence-corrected chi connectivity index (χ0v) is 13.5. The van der Waals surface area contributed by atoms with Crippen molar-refractivity contribution in [1.82, 2.24) is 10.2 Å². The fourth-order valence-electron chi connectivity index (χ4n) is 1.77. The largest absolute Gasteiger partial charge is 0.465 e. The smallest absolute Gasteiger partial charge is 0.337 e. The molecule has 23 heavy (non-hydrogen) atoms. The molecule has 0 saturated carbocycles. The summed E-state index contributed by atoms with van der Waals surface area (Å²) in [7, 11) is 1.34. The Kier molecular flexibility index (Phi) is 5.99. The van der Waals surface area contributed by atoms with E-state index in [4.69, 9.17) is 4.74 Å². The molecule has 0 radical (unpaired) electrons. The monoisotopic (exact) mass is 332 g/mol. The number of hydrogen-bond donors (Lipinski definition) is 0. The van der Waals surface area contributed by atoms with Crippen LogP contribution < -0.4 is 0 Å². The lowest BCUT2D eigenvalue weighted by Gasteiger charge is -2.00. The Bertz CT molecular complexity index is 694. The number of aryl methyl sites for hydroxylation is 1. The van der Waals surface area contributed by atoms with Crippen molar-refractivity contribution in [2.45, 2.75) is 12.8 Å². The van der Waals surface area contributed by atoms with Crippen LogP contribution in [-0.2, 0) is 20.7 Å². The molecule has 0 aliphatic rings. The number of esters is 2. The molecule has 120 valence electrons. The van der Waals surface area contributed by atoms with Gasteiger partial charge in [-0.25, -0.2) is 4.79 Å². The lowest BCUT2D eigenvalue weighted by Crippen LogP contribution is -2.05. The minimum atomic E-state index is -0.382. The summed E-state index contributed by atoms with van der Waals surface area (Å²) < 4.78 is 9.56. The number of methoxy groups -OCH3 is 1. The summed E-state index contributed by atoms with van der Waals surface area (Å²) in [6.45, 7) is 3.70. The molecule has 7 heteroatoms. The maximum atomic E-state index is 11.4. The van der Waals surface area contributed by atoms with Crippen molar-refractivity contribution in [3.8, 4) is 10.6 Å². The summed E-state index contributed by atoms with van der Waals surface area (Å²) in [5.41, 5.74) is 1.33. The number of rotatable bonds is 7. The minimum Gasteiger partial charge on any atom is -0.465 e. The molecule has 2 aromatic rings. The van der Waals surface area contributed by atoms with E-state index < -0.39 is 0 Å². The molecule has 0 aliphatic carbocycles. The van der Waals surface area contributed by atoms with Gasteiger partial charge < -0.3 is 9.47 Å². The fraction of sp³-hybridized carbons (Fsp3) is 0.250. The van der Waals surface area contributed by atoms with Crippen molar-refractivity contribution >= 4 is 23.3 Å². The van der Waals surface area contributed by atoms with E-state index in [1.807, 2.05) is 0 Å². The second kappa shape index (κ2) is 8.19. The molecule has 2 rings (SSSR count). The van der Waals surface area contributed by atoms with Crippen molar-refractivity contribution in [1.29, 1.82) is 0 Å². The van der Waals surface area contributed by atoms with Gasteiger partial charge in [-0.15, -0.1) is 10.2 Å². The van der Waals surface area contributed by atoms with E-state index in [0.717, 1.165) is 15.6 Å². The number of aromatic nitrogens is 2. The van der Waals surface area contributed by atoms with Crippen LogP contribution in [0.2, 0.25) is 0 Å². The van der Waals surface area contributed by atoms with Crippen LogP contribution >= 0.6 is 11.3 Å². The summed E-state index contributed by atoms with van der Waals surface area (Å²) in [5, 5.41) is 9.66. The first-order chi connectivity index (χ1) is 11.1. The molecule has 0 saturated heterocycles. The van der Waals surface area contributed by atoms with Gasteiger partial charge in [-0.1, -0.05) is 36.1 Å². The second-order valence-electron chi connectivity index (χ2n) is 4.54. The van der Waals surface area contributed by atoms with Crippen LogP contribution in [0.5, 0.6) is 0 Å². The van der Waals surface area contributed by atoms with Crippen molar-refractivity contribution in [3.05, 3.63) is 47.5 Å². The van der Waals surface area contributed by atoms with Gasteiger partial charge in [0.25, 0.3) is 0 Å². The highest BCUT2D eigenvalue weighted by Gasteiger charge is 2.11. The van der Waals surface area contributed by atoms with Crippen LogP contribution in [-0.4, -0.2) is 35.9 Å². The number of carbonyl (C=O) groups excluding carboxylic acids is 2. The Labute approximate surface area is 137 Å². The fourth-order valence-corrected chi connectivity index (χ4v) is 2.62. The van der Waals surface area contributed by atoms with E-state index >= 15 is 0 Å². The zero-order chi connectivity index (χ0) is 16.7. The second-order valence-corrected chi connectivity index (χ2v) is 5.60. The molecule has 0 atom stereocenters. The lowest BCUT2D eigenvalue weighted by atomic mass is 10.1.